The van der Waals surface area contributed by atoms with Crippen LogP contribution in [-0.2, 0) is 10.2 Å². The third-order valence-corrected chi connectivity index (χ3v) is 11.2. The van der Waals surface area contributed by atoms with Crippen LogP contribution in [0.2, 0.25) is 0 Å². The first-order valence-corrected chi connectivity index (χ1v) is 14.7. The number of methoxy groups -OCH3 is 1. The maximum atomic E-state index is 5.83. The molecule has 1 unspecified atom stereocenters. The largest absolute Gasteiger partial charge is 0.497 e. The Balaban J connectivity index is 1.67. The van der Waals surface area contributed by atoms with Crippen molar-refractivity contribution in [2.45, 2.75) is 19.3 Å². The number of hydrogen-bond acceptors (Lipinski definition) is 5. The van der Waals surface area contributed by atoms with Crippen molar-refractivity contribution in [1.82, 2.24) is 4.67 Å². The highest BCUT2D eigenvalue weighted by Crippen LogP contribution is 2.70. The number of anilines is 2. The van der Waals surface area contributed by atoms with Gasteiger partial charge >= 0.3 is 0 Å². The second kappa shape index (κ2) is 9.73. The van der Waals surface area contributed by atoms with Crippen LogP contribution in [0.3, 0.4) is 0 Å². The molecular formula is C30H34N5O2P. The molecule has 0 N–H and O–H groups in total. The summed E-state index contributed by atoms with van der Waals surface area (Å²) in [6.45, 7) is 7.55. The summed E-state index contributed by atoms with van der Waals surface area (Å²) in [7, 11) is 1.25. The van der Waals surface area contributed by atoms with E-state index in [9.17, 15) is 0 Å². The molecule has 0 radical (unpaired) electrons. The fourth-order valence-electron chi connectivity index (χ4n) is 5.88. The summed E-state index contributed by atoms with van der Waals surface area (Å²) in [5, 5.41) is 6.31. The van der Waals surface area contributed by atoms with E-state index in [0.29, 0.717) is 13.2 Å². The van der Waals surface area contributed by atoms with E-state index in [1.807, 2.05) is 30.3 Å². The van der Waals surface area contributed by atoms with Gasteiger partial charge < -0.3 is 14.4 Å². The Morgan fingerprint density at radius 1 is 0.921 bits per heavy atom. The smallest absolute Gasteiger partial charge is 0.180 e. The van der Waals surface area contributed by atoms with Crippen molar-refractivity contribution in [1.29, 1.82) is 0 Å². The number of morpholine rings is 1. The lowest BCUT2D eigenvalue weighted by Gasteiger charge is -2.42. The van der Waals surface area contributed by atoms with Gasteiger partial charge in [-0.2, -0.15) is 5.10 Å². The maximum absolute atomic E-state index is 5.83. The van der Waals surface area contributed by atoms with Gasteiger partial charge in [-0.05, 0) is 48.0 Å². The molecule has 38 heavy (non-hydrogen) atoms. The highest BCUT2D eigenvalue weighted by atomic mass is 31.2. The van der Waals surface area contributed by atoms with Crippen molar-refractivity contribution in [3.8, 4) is 5.75 Å². The Hall–Kier alpha value is -3.38. The van der Waals surface area contributed by atoms with Gasteiger partial charge in [0.25, 0.3) is 0 Å². The molecule has 1 fully saturated rings. The Bertz CT molecular complexity index is 1440. The minimum absolute atomic E-state index is 0.216. The number of benzene rings is 3. The Kier molecular flexibility index (Phi) is 6.39. The van der Waals surface area contributed by atoms with E-state index in [2.05, 4.69) is 90.0 Å². The van der Waals surface area contributed by atoms with E-state index >= 15 is 0 Å². The molecule has 3 heterocycles. The van der Waals surface area contributed by atoms with Gasteiger partial charge in [0.2, 0.25) is 0 Å². The van der Waals surface area contributed by atoms with Crippen LogP contribution in [0.15, 0.2) is 99.7 Å². The van der Waals surface area contributed by atoms with E-state index in [1.54, 1.807) is 7.11 Å². The first kappa shape index (κ1) is 24.9. The summed E-state index contributed by atoms with van der Waals surface area (Å²) in [5.41, 5.74) is 5.53. The average Bonchev–Trinajstić information content (AvgIpc) is 3.42. The molecule has 6 rings (SSSR count). The lowest BCUT2D eigenvalue weighted by molar-refractivity contribution is 0.0743. The van der Waals surface area contributed by atoms with Gasteiger partial charge in [0.1, 0.15) is 5.75 Å². The fraction of sp³-hybridized carbons (Fsp3) is 0.300. The summed E-state index contributed by atoms with van der Waals surface area (Å²) in [6.07, 6.45) is 2.07. The van der Waals surface area contributed by atoms with Gasteiger partial charge in [0.15, 0.2) is 7.36 Å². The minimum Gasteiger partial charge on any atom is -0.497 e. The first-order valence-electron chi connectivity index (χ1n) is 13.0. The van der Waals surface area contributed by atoms with Gasteiger partial charge in [0.05, 0.1) is 43.2 Å². The fourth-order valence-corrected chi connectivity index (χ4v) is 9.70. The van der Waals surface area contributed by atoms with Gasteiger partial charge in [-0.1, -0.05) is 50.2 Å². The van der Waals surface area contributed by atoms with Crippen molar-refractivity contribution in [3.05, 3.63) is 95.4 Å². The summed E-state index contributed by atoms with van der Waals surface area (Å²) >= 11 is 0. The van der Waals surface area contributed by atoms with E-state index in [-0.39, 0.29) is 5.41 Å². The molecular weight excluding hydrogens is 493 g/mol. The van der Waals surface area contributed by atoms with Crippen LogP contribution in [0.25, 0.3) is 0 Å². The molecule has 196 valence electrons. The van der Waals surface area contributed by atoms with Crippen LogP contribution in [-0.4, -0.2) is 51.3 Å². The Labute approximate surface area is 225 Å². The zero-order valence-electron chi connectivity index (χ0n) is 22.4. The second-order valence-electron chi connectivity index (χ2n) is 10.2. The predicted octanol–water partition coefficient (Wildman–Crippen LogP) is 6.84. The van der Waals surface area contributed by atoms with Gasteiger partial charge in [-0.3, -0.25) is 0 Å². The summed E-state index contributed by atoms with van der Waals surface area (Å²) in [5.74, 6) is 0.816. The highest BCUT2D eigenvalue weighted by Gasteiger charge is 2.49. The molecule has 3 aliphatic heterocycles. The molecule has 1 atom stereocenters. The van der Waals surface area contributed by atoms with Crippen molar-refractivity contribution >= 4 is 30.6 Å². The monoisotopic (exact) mass is 527 g/mol. The van der Waals surface area contributed by atoms with Crippen LogP contribution >= 0.6 is 7.36 Å². The number of likely N-dealkylation sites (N-methyl/N-ethyl adjacent to an activating group) is 1. The highest BCUT2D eigenvalue weighted by molar-refractivity contribution is 7.71. The molecule has 3 aliphatic rings. The van der Waals surface area contributed by atoms with E-state index in [0.717, 1.165) is 30.2 Å². The van der Waals surface area contributed by atoms with Crippen LogP contribution in [0.5, 0.6) is 5.75 Å². The molecule has 0 aliphatic carbocycles. The lowest BCUT2D eigenvalue weighted by atomic mass is 9.84. The van der Waals surface area contributed by atoms with Crippen LogP contribution < -0.4 is 14.4 Å². The molecule has 0 amide bonds. The first-order chi connectivity index (χ1) is 18.5. The molecule has 1 saturated heterocycles. The predicted molar refractivity (Wildman–Crippen MR) is 157 cm³/mol. The number of allylic oxidation sites excluding steroid dienone is 2. The quantitative estimate of drug-likeness (QED) is 0.348. The molecule has 0 spiro atoms. The zero-order chi connectivity index (χ0) is 26.3. The number of rotatable bonds is 4. The van der Waals surface area contributed by atoms with Crippen molar-refractivity contribution < 1.29 is 9.47 Å². The van der Waals surface area contributed by atoms with E-state index in [4.69, 9.17) is 19.3 Å². The summed E-state index contributed by atoms with van der Waals surface area (Å²) < 4.78 is 21.7. The standard InChI is InChI=1S/C30H34N5O2P/c1-30(2)26-12-8-9-13-27(26)33(3)29(30)28-22-31-35(24-10-6-5-7-11-24)38(28,34-18-20-37-21-19-34)32-23-14-16-25(36-4)17-15-23/h5-17,22H,18-21H2,1-4H3/b29-28+. The van der Waals surface area contributed by atoms with Crippen LogP contribution in [0.4, 0.5) is 17.1 Å². The van der Waals surface area contributed by atoms with Gasteiger partial charge in [-0.25, -0.2) is 14.2 Å². The van der Waals surface area contributed by atoms with Crippen LogP contribution in [0, 0.1) is 0 Å². The van der Waals surface area contributed by atoms with Crippen molar-refractivity contribution in [2.24, 2.45) is 9.85 Å². The van der Waals surface area contributed by atoms with Gasteiger partial charge in [-0.15, -0.1) is 0 Å². The zero-order valence-corrected chi connectivity index (χ0v) is 23.3. The Morgan fingerprint density at radius 3 is 2.29 bits per heavy atom. The third-order valence-electron chi connectivity index (χ3n) is 7.68. The Morgan fingerprint density at radius 2 is 1.61 bits per heavy atom. The molecule has 0 aromatic heterocycles. The lowest BCUT2D eigenvalue weighted by Crippen LogP contribution is -2.38. The normalized spacial score (nSPS) is 24.5. The van der Waals surface area contributed by atoms with Gasteiger partial charge in [0, 0.05) is 36.9 Å². The number of hydrogen-bond donors (Lipinski definition) is 0. The van der Waals surface area contributed by atoms with Crippen molar-refractivity contribution in [3.63, 3.8) is 0 Å². The molecule has 0 saturated carbocycles. The molecule has 3 aromatic carbocycles. The van der Waals surface area contributed by atoms with Crippen LogP contribution in [0.1, 0.15) is 19.4 Å². The van der Waals surface area contributed by atoms with E-state index < -0.39 is 7.36 Å². The SMILES string of the molecule is COc1ccc(N=P2(N3CCOCC3)/C(=C3/N(C)c4ccccc4C3(C)C)C=NN2c2ccccc2)cc1. The summed E-state index contributed by atoms with van der Waals surface area (Å²) in [4.78, 5) is 2.35. The number of ether oxygens (including phenoxy) is 2. The molecule has 8 heteroatoms. The van der Waals surface area contributed by atoms with Crippen molar-refractivity contribution in [2.75, 3.05) is 50.1 Å². The number of nitrogens with zero attached hydrogens (tertiary/aromatic N) is 5. The molecule has 7 nitrogen and oxygen atoms in total. The maximum Gasteiger partial charge on any atom is 0.180 e. The summed E-state index contributed by atoms with van der Waals surface area (Å²) in [6, 6.07) is 27.2. The second-order valence-corrected chi connectivity index (χ2v) is 13.0. The molecule has 3 aromatic rings. The molecule has 0 bridgehead atoms. The number of para-hydroxylation sites is 2. The van der Waals surface area contributed by atoms with E-state index in [1.165, 1.54) is 22.3 Å². The third kappa shape index (κ3) is 3.89. The average molecular weight is 528 g/mol. The number of fused-ring (bicyclic) bond motifs is 1. The minimum atomic E-state index is -2.62. The topological polar surface area (TPSA) is 52.9 Å². The number of hydrazone groups is 1.